The van der Waals surface area contributed by atoms with Gasteiger partial charge in [-0.2, -0.15) is 4.98 Å². The predicted octanol–water partition coefficient (Wildman–Crippen LogP) is 3.82. The molecule has 82 valence electrons. The van der Waals surface area contributed by atoms with Crippen molar-refractivity contribution in [1.82, 2.24) is 9.97 Å². The molecule has 0 fully saturated rings. The highest BCUT2D eigenvalue weighted by Gasteiger charge is 2.06. The number of rotatable bonds is 2. The van der Waals surface area contributed by atoms with Crippen molar-refractivity contribution in [2.75, 3.05) is 0 Å². The monoisotopic (exact) mass is 302 g/mol. The van der Waals surface area contributed by atoms with Gasteiger partial charge in [-0.05, 0) is 39.7 Å². The summed E-state index contributed by atoms with van der Waals surface area (Å²) in [5.41, 5.74) is 0. The molecule has 16 heavy (non-hydrogen) atoms. The summed E-state index contributed by atoms with van der Waals surface area (Å²) in [7, 11) is 0. The van der Waals surface area contributed by atoms with Gasteiger partial charge in [0.1, 0.15) is 11.6 Å². The summed E-state index contributed by atoms with van der Waals surface area (Å²) in [6.07, 6.45) is 1.46. The fraction of sp³-hybridized carbons (Fsp3) is 0. The summed E-state index contributed by atoms with van der Waals surface area (Å²) >= 11 is 8.82. The summed E-state index contributed by atoms with van der Waals surface area (Å²) in [6, 6.07) is 5.74. The van der Waals surface area contributed by atoms with E-state index in [9.17, 15) is 4.39 Å². The van der Waals surface area contributed by atoms with E-state index in [-0.39, 0.29) is 17.0 Å². The van der Waals surface area contributed by atoms with Crippen LogP contribution in [0.5, 0.6) is 11.6 Å². The van der Waals surface area contributed by atoms with Gasteiger partial charge in [0.05, 0.1) is 4.47 Å². The lowest BCUT2D eigenvalue weighted by Crippen LogP contribution is -1.91. The van der Waals surface area contributed by atoms with Gasteiger partial charge in [0.15, 0.2) is 0 Å². The molecule has 0 saturated heterocycles. The molecule has 0 aliphatic carbocycles. The molecule has 1 heterocycles. The lowest BCUT2D eigenvalue weighted by Gasteiger charge is -2.05. The first-order valence-electron chi connectivity index (χ1n) is 4.26. The zero-order chi connectivity index (χ0) is 11.5. The Kier molecular flexibility index (Phi) is 3.36. The van der Waals surface area contributed by atoms with Gasteiger partial charge in [-0.1, -0.05) is 6.07 Å². The fourth-order valence-corrected chi connectivity index (χ4v) is 1.44. The van der Waals surface area contributed by atoms with Crippen molar-refractivity contribution in [3.05, 3.63) is 46.0 Å². The highest BCUT2D eigenvalue weighted by molar-refractivity contribution is 9.10. The molecule has 0 aliphatic heterocycles. The standard InChI is InChI=1S/C10H5BrClFN2O/c11-8-5-14-10(12)15-9(8)16-7-3-1-2-6(13)4-7/h1-5H. The van der Waals surface area contributed by atoms with Gasteiger partial charge in [0.2, 0.25) is 11.2 Å². The molecule has 0 bridgehead atoms. The van der Waals surface area contributed by atoms with Gasteiger partial charge in [0.25, 0.3) is 0 Å². The Balaban J connectivity index is 2.30. The topological polar surface area (TPSA) is 35.0 Å². The van der Waals surface area contributed by atoms with Gasteiger partial charge >= 0.3 is 0 Å². The third-order valence-corrected chi connectivity index (χ3v) is 2.42. The first kappa shape index (κ1) is 11.3. The second-order valence-corrected chi connectivity index (χ2v) is 4.04. The van der Waals surface area contributed by atoms with Crippen molar-refractivity contribution in [3.63, 3.8) is 0 Å². The highest BCUT2D eigenvalue weighted by atomic mass is 79.9. The van der Waals surface area contributed by atoms with Gasteiger partial charge < -0.3 is 4.74 Å². The Morgan fingerprint density at radius 1 is 1.38 bits per heavy atom. The van der Waals surface area contributed by atoms with Crippen LogP contribution in [-0.4, -0.2) is 9.97 Å². The normalized spacial score (nSPS) is 10.2. The van der Waals surface area contributed by atoms with E-state index in [1.807, 2.05) is 0 Å². The van der Waals surface area contributed by atoms with Crippen LogP contribution in [0, 0.1) is 5.82 Å². The number of benzene rings is 1. The minimum absolute atomic E-state index is 0.0644. The van der Waals surface area contributed by atoms with E-state index < -0.39 is 0 Å². The van der Waals surface area contributed by atoms with Crippen LogP contribution in [-0.2, 0) is 0 Å². The molecule has 2 rings (SSSR count). The van der Waals surface area contributed by atoms with Crippen LogP contribution in [0.25, 0.3) is 0 Å². The quantitative estimate of drug-likeness (QED) is 0.791. The van der Waals surface area contributed by atoms with Crippen LogP contribution in [0.2, 0.25) is 5.28 Å². The first-order chi connectivity index (χ1) is 7.65. The van der Waals surface area contributed by atoms with Crippen LogP contribution in [0.1, 0.15) is 0 Å². The van der Waals surface area contributed by atoms with Crippen LogP contribution in [0.15, 0.2) is 34.9 Å². The van der Waals surface area contributed by atoms with E-state index in [4.69, 9.17) is 16.3 Å². The summed E-state index contributed by atoms with van der Waals surface area (Å²) in [5.74, 6) is 0.204. The fourth-order valence-electron chi connectivity index (χ4n) is 1.04. The molecule has 0 spiro atoms. The van der Waals surface area contributed by atoms with E-state index in [0.29, 0.717) is 10.2 Å². The summed E-state index contributed by atoms with van der Waals surface area (Å²) in [4.78, 5) is 7.61. The Morgan fingerprint density at radius 2 is 2.19 bits per heavy atom. The molecule has 3 nitrogen and oxygen atoms in total. The molecule has 0 atom stereocenters. The molecule has 1 aromatic carbocycles. The first-order valence-corrected chi connectivity index (χ1v) is 5.44. The number of nitrogens with zero attached hydrogens (tertiary/aromatic N) is 2. The molecule has 2 aromatic rings. The maximum atomic E-state index is 12.9. The average Bonchev–Trinajstić information content (AvgIpc) is 2.24. The van der Waals surface area contributed by atoms with Crippen LogP contribution in [0.4, 0.5) is 4.39 Å². The maximum absolute atomic E-state index is 12.9. The van der Waals surface area contributed by atoms with Crippen molar-refractivity contribution < 1.29 is 9.13 Å². The largest absolute Gasteiger partial charge is 0.438 e. The molecule has 0 saturated carbocycles. The Morgan fingerprint density at radius 3 is 2.94 bits per heavy atom. The lowest BCUT2D eigenvalue weighted by molar-refractivity contribution is 0.453. The van der Waals surface area contributed by atoms with E-state index >= 15 is 0 Å². The number of hydrogen-bond acceptors (Lipinski definition) is 3. The predicted molar refractivity (Wildman–Crippen MR) is 61.2 cm³/mol. The third-order valence-electron chi connectivity index (χ3n) is 1.69. The molecule has 0 radical (unpaired) electrons. The smallest absolute Gasteiger partial charge is 0.237 e. The van der Waals surface area contributed by atoms with E-state index in [1.54, 1.807) is 12.1 Å². The molecule has 0 N–H and O–H groups in total. The molecule has 0 unspecified atom stereocenters. The summed E-state index contributed by atoms with van der Waals surface area (Å²) in [6.45, 7) is 0. The van der Waals surface area contributed by atoms with Gasteiger partial charge in [-0.3, -0.25) is 0 Å². The SMILES string of the molecule is Fc1cccc(Oc2nc(Cl)ncc2Br)c1. The van der Waals surface area contributed by atoms with E-state index in [1.165, 1.54) is 18.3 Å². The number of ether oxygens (including phenoxy) is 1. The van der Waals surface area contributed by atoms with Crippen molar-refractivity contribution in [2.45, 2.75) is 0 Å². The van der Waals surface area contributed by atoms with Crippen molar-refractivity contribution in [1.29, 1.82) is 0 Å². The highest BCUT2D eigenvalue weighted by Crippen LogP contribution is 2.27. The zero-order valence-electron chi connectivity index (χ0n) is 7.82. The molecular formula is C10H5BrClFN2O. The summed E-state index contributed by atoms with van der Waals surface area (Å²) < 4.78 is 18.8. The Bertz CT molecular complexity index is 524. The maximum Gasteiger partial charge on any atom is 0.237 e. The molecule has 6 heteroatoms. The van der Waals surface area contributed by atoms with E-state index in [0.717, 1.165) is 0 Å². The molecule has 0 aliphatic rings. The van der Waals surface area contributed by atoms with Crippen LogP contribution < -0.4 is 4.74 Å². The van der Waals surface area contributed by atoms with Crippen molar-refractivity contribution in [3.8, 4) is 11.6 Å². The average molecular weight is 304 g/mol. The molecule has 0 amide bonds. The minimum Gasteiger partial charge on any atom is -0.438 e. The Labute approximate surface area is 104 Å². The summed E-state index contributed by atoms with van der Waals surface area (Å²) in [5, 5.41) is 0.0644. The number of hydrogen-bond donors (Lipinski definition) is 0. The third kappa shape index (κ3) is 2.68. The van der Waals surface area contributed by atoms with Crippen LogP contribution >= 0.6 is 27.5 Å². The molecular weight excluding hydrogens is 298 g/mol. The van der Waals surface area contributed by atoms with Gasteiger partial charge in [-0.25, -0.2) is 9.37 Å². The van der Waals surface area contributed by atoms with Crippen LogP contribution in [0.3, 0.4) is 0 Å². The van der Waals surface area contributed by atoms with E-state index in [2.05, 4.69) is 25.9 Å². The minimum atomic E-state index is -0.381. The van der Waals surface area contributed by atoms with Crippen molar-refractivity contribution >= 4 is 27.5 Å². The molecule has 1 aromatic heterocycles. The number of halogens is 3. The Hall–Kier alpha value is -1.20. The number of aromatic nitrogens is 2. The van der Waals surface area contributed by atoms with Crippen molar-refractivity contribution in [2.24, 2.45) is 0 Å². The second-order valence-electron chi connectivity index (χ2n) is 2.85. The zero-order valence-corrected chi connectivity index (χ0v) is 10.2. The van der Waals surface area contributed by atoms with Gasteiger partial charge in [0, 0.05) is 12.3 Å². The lowest BCUT2D eigenvalue weighted by atomic mass is 10.3. The van der Waals surface area contributed by atoms with Gasteiger partial charge in [-0.15, -0.1) is 0 Å². The second kappa shape index (κ2) is 4.76.